The van der Waals surface area contributed by atoms with Crippen LogP contribution in [0.15, 0.2) is 24.3 Å². The minimum Gasteiger partial charge on any atom is -0.495 e. The lowest BCUT2D eigenvalue weighted by atomic mass is 10.2. The summed E-state index contributed by atoms with van der Waals surface area (Å²) < 4.78 is 5.19. The van der Waals surface area contributed by atoms with E-state index in [2.05, 4.69) is 0 Å². The molecule has 4 nitrogen and oxygen atoms in total. The van der Waals surface area contributed by atoms with Crippen molar-refractivity contribution >= 4 is 11.6 Å². The van der Waals surface area contributed by atoms with Crippen LogP contribution in [0.5, 0.6) is 5.75 Å². The van der Waals surface area contributed by atoms with Gasteiger partial charge < -0.3 is 15.4 Å². The van der Waals surface area contributed by atoms with E-state index in [1.165, 1.54) is 6.92 Å². The molecule has 0 aliphatic carbocycles. The molecule has 1 rings (SSSR count). The molecule has 15 heavy (non-hydrogen) atoms. The second-order valence-corrected chi connectivity index (χ2v) is 3.13. The number of hydrogen-bond acceptors (Lipinski definition) is 3. The van der Waals surface area contributed by atoms with Gasteiger partial charge in [0, 0.05) is 20.0 Å². The van der Waals surface area contributed by atoms with Crippen molar-refractivity contribution in [2.24, 2.45) is 5.73 Å². The van der Waals surface area contributed by atoms with Gasteiger partial charge in [-0.25, -0.2) is 0 Å². The molecule has 0 heterocycles. The van der Waals surface area contributed by atoms with Crippen LogP contribution in [-0.4, -0.2) is 26.1 Å². The van der Waals surface area contributed by atoms with Crippen LogP contribution in [0.2, 0.25) is 0 Å². The molecule has 0 fully saturated rings. The van der Waals surface area contributed by atoms with E-state index in [4.69, 9.17) is 10.5 Å². The fourth-order valence-electron chi connectivity index (χ4n) is 1.43. The monoisotopic (exact) mass is 208 g/mol. The Balaban J connectivity index is 3.04. The summed E-state index contributed by atoms with van der Waals surface area (Å²) in [5, 5.41) is 0. The molecule has 0 saturated carbocycles. The zero-order valence-corrected chi connectivity index (χ0v) is 9.06. The quantitative estimate of drug-likeness (QED) is 0.803. The van der Waals surface area contributed by atoms with Crippen molar-refractivity contribution in [2.45, 2.75) is 6.92 Å². The van der Waals surface area contributed by atoms with Crippen molar-refractivity contribution in [3.05, 3.63) is 24.3 Å². The second kappa shape index (κ2) is 5.36. The average molecular weight is 208 g/mol. The zero-order chi connectivity index (χ0) is 11.3. The number of methoxy groups -OCH3 is 1. The topological polar surface area (TPSA) is 55.6 Å². The largest absolute Gasteiger partial charge is 0.495 e. The van der Waals surface area contributed by atoms with E-state index in [9.17, 15) is 4.79 Å². The summed E-state index contributed by atoms with van der Waals surface area (Å²) in [5.74, 6) is 0.645. The number of rotatable bonds is 4. The molecule has 4 heteroatoms. The van der Waals surface area contributed by atoms with Crippen molar-refractivity contribution in [3.8, 4) is 5.75 Å². The van der Waals surface area contributed by atoms with Crippen molar-refractivity contribution in [3.63, 3.8) is 0 Å². The first kappa shape index (κ1) is 11.5. The molecule has 0 bridgehead atoms. The van der Waals surface area contributed by atoms with Gasteiger partial charge in [0.15, 0.2) is 0 Å². The number of anilines is 1. The molecule has 0 aliphatic rings. The normalized spacial score (nSPS) is 9.80. The van der Waals surface area contributed by atoms with Crippen LogP contribution >= 0.6 is 0 Å². The Bertz CT molecular complexity index is 339. The molecule has 0 radical (unpaired) electrons. The van der Waals surface area contributed by atoms with Crippen LogP contribution in [0.4, 0.5) is 5.69 Å². The van der Waals surface area contributed by atoms with Gasteiger partial charge in [-0.2, -0.15) is 0 Å². The first-order valence-electron chi connectivity index (χ1n) is 4.82. The van der Waals surface area contributed by atoms with Gasteiger partial charge in [-0.15, -0.1) is 0 Å². The molecule has 0 aliphatic heterocycles. The molecule has 1 aromatic rings. The van der Waals surface area contributed by atoms with Gasteiger partial charge in [0.25, 0.3) is 0 Å². The number of hydrogen-bond donors (Lipinski definition) is 1. The molecule has 0 atom stereocenters. The van der Waals surface area contributed by atoms with Crippen molar-refractivity contribution in [1.82, 2.24) is 0 Å². The Morgan fingerprint density at radius 2 is 2.13 bits per heavy atom. The summed E-state index contributed by atoms with van der Waals surface area (Å²) >= 11 is 0. The summed E-state index contributed by atoms with van der Waals surface area (Å²) in [6, 6.07) is 7.39. The van der Waals surface area contributed by atoms with E-state index in [1.54, 1.807) is 12.0 Å². The van der Waals surface area contributed by atoms with Gasteiger partial charge in [-0.05, 0) is 12.1 Å². The van der Waals surface area contributed by atoms with E-state index >= 15 is 0 Å². The third kappa shape index (κ3) is 2.70. The Kier molecular flexibility index (Phi) is 4.12. The summed E-state index contributed by atoms with van der Waals surface area (Å²) in [4.78, 5) is 13.0. The average Bonchev–Trinajstić information content (AvgIpc) is 2.25. The van der Waals surface area contributed by atoms with Crippen LogP contribution < -0.4 is 15.4 Å². The SMILES string of the molecule is COc1ccccc1N(CCN)C(C)=O. The molecule has 0 aromatic heterocycles. The van der Waals surface area contributed by atoms with Crippen LogP contribution in [0.3, 0.4) is 0 Å². The maximum Gasteiger partial charge on any atom is 0.224 e. The first-order valence-corrected chi connectivity index (χ1v) is 4.82. The Morgan fingerprint density at radius 1 is 1.47 bits per heavy atom. The predicted molar refractivity (Wildman–Crippen MR) is 60.1 cm³/mol. The maximum absolute atomic E-state index is 11.4. The summed E-state index contributed by atoms with van der Waals surface area (Å²) in [7, 11) is 1.58. The molecule has 0 unspecified atom stereocenters. The number of amides is 1. The van der Waals surface area contributed by atoms with Gasteiger partial charge in [-0.3, -0.25) is 4.79 Å². The zero-order valence-electron chi connectivity index (χ0n) is 9.06. The van der Waals surface area contributed by atoms with Crippen LogP contribution in [0.1, 0.15) is 6.92 Å². The minimum absolute atomic E-state index is 0.0371. The lowest BCUT2D eigenvalue weighted by molar-refractivity contribution is -0.116. The summed E-state index contributed by atoms with van der Waals surface area (Å²) in [6.45, 7) is 2.44. The minimum atomic E-state index is -0.0371. The van der Waals surface area contributed by atoms with E-state index in [0.717, 1.165) is 5.69 Å². The standard InChI is InChI=1S/C11H16N2O2/c1-9(14)13(8-7-12)10-5-3-4-6-11(10)15-2/h3-6H,7-8,12H2,1-2H3. The van der Waals surface area contributed by atoms with Crippen LogP contribution in [0.25, 0.3) is 0 Å². The van der Waals surface area contributed by atoms with Gasteiger partial charge in [0.05, 0.1) is 12.8 Å². The summed E-state index contributed by atoms with van der Waals surface area (Å²) in [5.41, 5.74) is 6.22. The fourth-order valence-corrected chi connectivity index (χ4v) is 1.43. The third-order valence-corrected chi connectivity index (χ3v) is 2.11. The number of carbonyl (C=O) groups excluding carboxylic acids is 1. The molecule has 1 aromatic carbocycles. The van der Waals surface area contributed by atoms with Gasteiger partial charge >= 0.3 is 0 Å². The van der Waals surface area contributed by atoms with Gasteiger partial charge in [-0.1, -0.05) is 12.1 Å². The van der Waals surface area contributed by atoms with Crippen molar-refractivity contribution in [2.75, 3.05) is 25.1 Å². The van der Waals surface area contributed by atoms with Gasteiger partial charge in [0.1, 0.15) is 5.75 Å². The molecule has 82 valence electrons. The molecule has 1 amide bonds. The Hall–Kier alpha value is -1.55. The Morgan fingerprint density at radius 3 is 2.67 bits per heavy atom. The van der Waals surface area contributed by atoms with Crippen LogP contribution in [0, 0.1) is 0 Å². The highest BCUT2D eigenvalue weighted by atomic mass is 16.5. The van der Waals surface area contributed by atoms with Crippen molar-refractivity contribution < 1.29 is 9.53 Å². The predicted octanol–water partition coefficient (Wildman–Crippen LogP) is 1.01. The Labute approximate surface area is 89.6 Å². The highest BCUT2D eigenvalue weighted by Crippen LogP contribution is 2.27. The number of benzene rings is 1. The lowest BCUT2D eigenvalue weighted by Gasteiger charge is -2.22. The second-order valence-electron chi connectivity index (χ2n) is 3.13. The number of nitrogens with two attached hydrogens (primary N) is 1. The highest BCUT2D eigenvalue weighted by Gasteiger charge is 2.14. The molecule has 0 saturated heterocycles. The number of nitrogens with zero attached hydrogens (tertiary/aromatic N) is 1. The number of ether oxygens (including phenoxy) is 1. The van der Waals surface area contributed by atoms with E-state index in [0.29, 0.717) is 18.8 Å². The summed E-state index contributed by atoms with van der Waals surface area (Å²) in [6.07, 6.45) is 0. The lowest BCUT2D eigenvalue weighted by Crippen LogP contribution is -2.33. The number of para-hydroxylation sites is 2. The molecular weight excluding hydrogens is 192 g/mol. The van der Waals surface area contributed by atoms with Gasteiger partial charge in [0.2, 0.25) is 5.91 Å². The molecule has 2 N–H and O–H groups in total. The van der Waals surface area contributed by atoms with E-state index in [1.807, 2.05) is 24.3 Å². The first-order chi connectivity index (χ1) is 7.20. The highest BCUT2D eigenvalue weighted by molar-refractivity contribution is 5.93. The smallest absolute Gasteiger partial charge is 0.224 e. The van der Waals surface area contributed by atoms with Crippen molar-refractivity contribution in [1.29, 1.82) is 0 Å². The van der Waals surface area contributed by atoms with Crippen LogP contribution in [-0.2, 0) is 4.79 Å². The number of carbonyl (C=O) groups is 1. The molecule has 0 spiro atoms. The fraction of sp³-hybridized carbons (Fsp3) is 0.364. The molecular formula is C11H16N2O2. The van der Waals surface area contributed by atoms with E-state index < -0.39 is 0 Å². The maximum atomic E-state index is 11.4. The van der Waals surface area contributed by atoms with E-state index in [-0.39, 0.29) is 5.91 Å². The third-order valence-electron chi connectivity index (χ3n) is 2.11.